The SMILES string of the molecule is CC1OC(=O)CC(C)(C)S1. The van der Waals surface area contributed by atoms with Gasteiger partial charge >= 0.3 is 5.97 Å². The molecule has 0 radical (unpaired) electrons. The lowest BCUT2D eigenvalue weighted by Gasteiger charge is -2.31. The number of hydrogen-bond donors (Lipinski definition) is 0. The van der Waals surface area contributed by atoms with Crippen LogP contribution in [0.25, 0.3) is 0 Å². The van der Waals surface area contributed by atoms with Crippen molar-refractivity contribution in [3.63, 3.8) is 0 Å². The molecule has 0 aromatic carbocycles. The topological polar surface area (TPSA) is 26.3 Å². The van der Waals surface area contributed by atoms with Crippen molar-refractivity contribution in [2.45, 2.75) is 37.4 Å². The van der Waals surface area contributed by atoms with E-state index in [9.17, 15) is 4.79 Å². The smallest absolute Gasteiger partial charge is 0.308 e. The molecule has 1 saturated heterocycles. The second-order valence-corrected chi connectivity index (χ2v) is 5.12. The molecule has 3 heteroatoms. The van der Waals surface area contributed by atoms with Crippen LogP contribution in [-0.2, 0) is 9.53 Å². The molecule has 1 heterocycles. The highest BCUT2D eigenvalue weighted by molar-refractivity contribution is 8.01. The first-order valence-corrected chi connectivity index (χ1v) is 4.25. The summed E-state index contributed by atoms with van der Waals surface area (Å²) in [6.07, 6.45) is 0.530. The van der Waals surface area contributed by atoms with Crippen LogP contribution in [0, 0.1) is 0 Å². The van der Waals surface area contributed by atoms with Crippen LogP contribution in [0.5, 0.6) is 0 Å². The van der Waals surface area contributed by atoms with Crippen molar-refractivity contribution in [1.29, 1.82) is 0 Å². The first kappa shape index (κ1) is 7.92. The zero-order valence-corrected chi connectivity index (χ0v) is 7.33. The van der Waals surface area contributed by atoms with Crippen molar-refractivity contribution >= 4 is 17.7 Å². The largest absolute Gasteiger partial charge is 0.452 e. The Bertz CT molecular complexity index is 154. The summed E-state index contributed by atoms with van der Waals surface area (Å²) in [5, 5.41) is 0. The molecule has 1 fully saturated rings. The lowest BCUT2D eigenvalue weighted by atomic mass is 10.1. The van der Waals surface area contributed by atoms with Crippen molar-refractivity contribution in [1.82, 2.24) is 0 Å². The fourth-order valence-corrected chi connectivity index (χ4v) is 2.34. The molecule has 2 nitrogen and oxygen atoms in total. The Balaban J connectivity index is 2.59. The summed E-state index contributed by atoms with van der Waals surface area (Å²) in [4.78, 5) is 10.9. The van der Waals surface area contributed by atoms with Crippen LogP contribution < -0.4 is 0 Å². The van der Waals surface area contributed by atoms with Gasteiger partial charge in [-0.1, -0.05) is 0 Å². The van der Waals surface area contributed by atoms with Crippen LogP contribution in [0.15, 0.2) is 0 Å². The minimum Gasteiger partial charge on any atom is -0.452 e. The number of ether oxygens (including phenoxy) is 1. The molecule has 1 rings (SSSR count). The van der Waals surface area contributed by atoms with E-state index in [1.165, 1.54) is 0 Å². The molecule has 1 unspecified atom stereocenters. The highest BCUT2D eigenvalue weighted by Crippen LogP contribution is 2.36. The van der Waals surface area contributed by atoms with Crippen molar-refractivity contribution in [3.05, 3.63) is 0 Å². The minimum atomic E-state index is -0.0729. The number of hydrogen-bond acceptors (Lipinski definition) is 3. The maximum atomic E-state index is 10.9. The molecular formula is C7H12O2S. The molecule has 0 aliphatic carbocycles. The number of rotatable bonds is 0. The van der Waals surface area contributed by atoms with Crippen LogP contribution in [0.4, 0.5) is 0 Å². The van der Waals surface area contributed by atoms with E-state index in [2.05, 4.69) is 13.8 Å². The Morgan fingerprint density at radius 1 is 1.70 bits per heavy atom. The Labute approximate surface area is 65.3 Å². The van der Waals surface area contributed by atoms with Gasteiger partial charge in [0.25, 0.3) is 0 Å². The maximum Gasteiger partial charge on any atom is 0.308 e. The van der Waals surface area contributed by atoms with E-state index in [0.717, 1.165) is 0 Å². The van der Waals surface area contributed by atoms with Gasteiger partial charge in [0.1, 0.15) is 5.44 Å². The van der Waals surface area contributed by atoms with Crippen LogP contribution in [0.1, 0.15) is 27.2 Å². The van der Waals surface area contributed by atoms with Crippen LogP contribution in [-0.4, -0.2) is 16.2 Å². The monoisotopic (exact) mass is 160 g/mol. The van der Waals surface area contributed by atoms with Gasteiger partial charge in [-0.3, -0.25) is 4.79 Å². The van der Waals surface area contributed by atoms with Crippen LogP contribution in [0.2, 0.25) is 0 Å². The predicted molar refractivity (Wildman–Crippen MR) is 41.8 cm³/mol. The van der Waals surface area contributed by atoms with Crippen LogP contribution >= 0.6 is 11.8 Å². The van der Waals surface area contributed by atoms with E-state index in [1.807, 2.05) is 6.92 Å². The van der Waals surface area contributed by atoms with E-state index in [4.69, 9.17) is 4.74 Å². The van der Waals surface area contributed by atoms with E-state index < -0.39 is 0 Å². The summed E-state index contributed by atoms with van der Waals surface area (Å²) < 4.78 is 5.01. The summed E-state index contributed by atoms with van der Waals surface area (Å²) in [6, 6.07) is 0. The lowest BCUT2D eigenvalue weighted by molar-refractivity contribution is -0.146. The second kappa shape index (κ2) is 2.46. The van der Waals surface area contributed by atoms with E-state index in [1.54, 1.807) is 11.8 Å². The maximum absolute atomic E-state index is 10.9. The summed E-state index contributed by atoms with van der Waals surface area (Å²) in [5.41, 5.74) is 0.0243. The van der Waals surface area contributed by atoms with Gasteiger partial charge in [-0.25, -0.2) is 0 Å². The zero-order chi connectivity index (χ0) is 7.78. The molecule has 0 N–H and O–H groups in total. The van der Waals surface area contributed by atoms with Gasteiger partial charge in [0, 0.05) is 4.75 Å². The highest BCUT2D eigenvalue weighted by Gasteiger charge is 2.32. The number of carbonyl (C=O) groups is 1. The first-order chi connectivity index (χ1) is 4.49. The third-order valence-corrected chi connectivity index (χ3v) is 2.56. The zero-order valence-electron chi connectivity index (χ0n) is 6.51. The Morgan fingerprint density at radius 3 is 2.70 bits per heavy atom. The summed E-state index contributed by atoms with van der Waals surface area (Å²) in [6.45, 7) is 6.03. The van der Waals surface area contributed by atoms with Gasteiger partial charge in [-0.15, -0.1) is 11.8 Å². The van der Waals surface area contributed by atoms with Crippen molar-refractivity contribution < 1.29 is 9.53 Å². The number of thioether (sulfide) groups is 1. The number of carbonyl (C=O) groups excluding carboxylic acids is 1. The molecule has 1 aliphatic rings. The lowest BCUT2D eigenvalue weighted by Crippen LogP contribution is -2.32. The average molecular weight is 160 g/mol. The van der Waals surface area contributed by atoms with Crippen molar-refractivity contribution in [2.24, 2.45) is 0 Å². The molecule has 0 spiro atoms. The van der Waals surface area contributed by atoms with Gasteiger partial charge in [0.15, 0.2) is 0 Å². The molecule has 0 amide bonds. The fourth-order valence-electron chi connectivity index (χ4n) is 1.09. The molecule has 0 bridgehead atoms. The first-order valence-electron chi connectivity index (χ1n) is 3.37. The van der Waals surface area contributed by atoms with E-state index in [0.29, 0.717) is 6.42 Å². The number of esters is 1. The molecule has 0 aromatic heterocycles. The predicted octanol–water partition coefficient (Wildman–Crippen LogP) is 1.79. The standard InChI is InChI=1S/C7H12O2S/c1-5-9-6(8)4-7(2,3)10-5/h5H,4H2,1-3H3. The van der Waals surface area contributed by atoms with Gasteiger partial charge < -0.3 is 4.74 Å². The van der Waals surface area contributed by atoms with E-state index in [-0.39, 0.29) is 16.2 Å². The quantitative estimate of drug-likeness (QED) is 0.505. The highest BCUT2D eigenvalue weighted by atomic mass is 32.2. The molecule has 1 aliphatic heterocycles. The average Bonchev–Trinajstić information content (AvgIpc) is 1.54. The van der Waals surface area contributed by atoms with Crippen LogP contribution in [0.3, 0.4) is 0 Å². The van der Waals surface area contributed by atoms with Crippen molar-refractivity contribution in [2.75, 3.05) is 0 Å². The summed E-state index contributed by atoms with van der Waals surface area (Å²) in [5.74, 6) is -0.0729. The summed E-state index contributed by atoms with van der Waals surface area (Å²) in [7, 11) is 0. The van der Waals surface area contributed by atoms with Gasteiger partial charge in [-0.2, -0.15) is 0 Å². The molecule has 10 heavy (non-hydrogen) atoms. The Kier molecular flexibility index (Phi) is 1.95. The normalized spacial score (nSPS) is 31.5. The van der Waals surface area contributed by atoms with Gasteiger partial charge in [0.05, 0.1) is 6.42 Å². The number of cyclic esters (lactones) is 1. The Hall–Kier alpha value is -0.180. The molecule has 1 atom stereocenters. The Morgan fingerprint density at radius 2 is 2.30 bits per heavy atom. The minimum absolute atomic E-state index is 0.0243. The van der Waals surface area contributed by atoms with E-state index >= 15 is 0 Å². The second-order valence-electron chi connectivity index (χ2n) is 3.11. The third kappa shape index (κ3) is 1.90. The van der Waals surface area contributed by atoms with Gasteiger partial charge in [0.2, 0.25) is 0 Å². The molecule has 58 valence electrons. The fraction of sp³-hybridized carbons (Fsp3) is 0.857. The van der Waals surface area contributed by atoms with Crippen molar-refractivity contribution in [3.8, 4) is 0 Å². The molecular weight excluding hydrogens is 148 g/mol. The summed E-state index contributed by atoms with van der Waals surface area (Å²) >= 11 is 1.70. The van der Waals surface area contributed by atoms with Gasteiger partial charge in [-0.05, 0) is 20.8 Å². The molecule has 0 aromatic rings. The molecule has 0 saturated carbocycles. The third-order valence-electron chi connectivity index (χ3n) is 1.35.